The van der Waals surface area contributed by atoms with E-state index in [0.29, 0.717) is 12.5 Å². The van der Waals surface area contributed by atoms with Gasteiger partial charge in [-0.1, -0.05) is 38.1 Å². The van der Waals surface area contributed by atoms with Gasteiger partial charge in [0.1, 0.15) is 0 Å². The van der Waals surface area contributed by atoms with Crippen molar-refractivity contribution >= 4 is 23.2 Å². The van der Waals surface area contributed by atoms with Crippen LogP contribution in [0.15, 0.2) is 48.5 Å². The fourth-order valence-corrected chi connectivity index (χ4v) is 3.12. The van der Waals surface area contributed by atoms with Gasteiger partial charge in [-0.15, -0.1) is 0 Å². The molecule has 0 spiro atoms. The smallest absolute Gasteiger partial charge is 0.229 e. The molecule has 2 aromatic carbocycles. The van der Waals surface area contributed by atoms with Crippen LogP contribution in [0, 0.1) is 12.8 Å². The van der Waals surface area contributed by atoms with Gasteiger partial charge in [-0.05, 0) is 48.2 Å². The van der Waals surface area contributed by atoms with E-state index in [2.05, 4.69) is 19.2 Å². The summed E-state index contributed by atoms with van der Waals surface area (Å²) in [5.41, 5.74) is 3.97. The van der Waals surface area contributed by atoms with Crippen LogP contribution in [0.1, 0.15) is 37.3 Å². The third-order valence-corrected chi connectivity index (χ3v) is 4.65. The molecule has 3 rings (SSSR count). The number of hydrogen-bond donors (Lipinski definition) is 1. The van der Waals surface area contributed by atoms with Gasteiger partial charge in [0.05, 0.1) is 5.92 Å². The monoisotopic (exact) mass is 336 g/mol. The van der Waals surface area contributed by atoms with E-state index >= 15 is 0 Å². The molecule has 1 heterocycles. The number of aryl methyl sites for hydroxylation is 1. The first-order valence-corrected chi connectivity index (χ1v) is 8.72. The molecule has 25 heavy (non-hydrogen) atoms. The highest BCUT2D eigenvalue weighted by Crippen LogP contribution is 2.27. The summed E-state index contributed by atoms with van der Waals surface area (Å²) in [5, 5.41) is 2.94. The zero-order valence-corrected chi connectivity index (χ0v) is 15.0. The number of hydrogen-bond acceptors (Lipinski definition) is 2. The molecular weight excluding hydrogens is 312 g/mol. The highest BCUT2D eigenvalue weighted by Gasteiger charge is 2.35. The molecule has 2 amide bonds. The van der Waals surface area contributed by atoms with Gasteiger partial charge in [-0.25, -0.2) is 0 Å². The van der Waals surface area contributed by atoms with Gasteiger partial charge in [0.2, 0.25) is 11.8 Å². The summed E-state index contributed by atoms with van der Waals surface area (Å²) in [7, 11) is 0. The first-order valence-electron chi connectivity index (χ1n) is 8.72. The Labute approximate surface area is 148 Å². The lowest BCUT2D eigenvalue weighted by Crippen LogP contribution is -2.28. The third-order valence-electron chi connectivity index (χ3n) is 4.65. The normalized spacial score (nSPS) is 17.2. The van der Waals surface area contributed by atoms with E-state index in [1.165, 1.54) is 5.56 Å². The van der Waals surface area contributed by atoms with Gasteiger partial charge in [0.15, 0.2) is 0 Å². The molecule has 0 aliphatic carbocycles. The molecular formula is C21H24N2O2. The molecule has 1 N–H and O–H groups in total. The molecule has 1 saturated heterocycles. The zero-order chi connectivity index (χ0) is 18.0. The lowest BCUT2D eigenvalue weighted by Gasteiger charge is -2.17. The fraction of sp³-hybridized carbons (Fsp3) is 0.333. The van der Waals surface area contributed by atoms with Crippen LogP contribution in [0.3, 0.4) is 0 Å². The second-order valence-electron chi connectivity index (χ2n) is 7.01. The van der Waals surface area contributed by atoms with E-state index in [4.69, 9.17) is 0 Å². The summed E-state index contributed by atoms with van der Waals surface area (Å²) in [5.74, 6) is 0.0413. The number of rotatable bonds is 4. The minimum absolute atomic E-state index is 0.000839. The summed E-state index contributed by atoms with van der Waals surface area (Å²) in [4.78, 5) is 26.6. The molecule has 1 aliphatic heterocycles. The number of anilines is 2. The number of carbonyl (C=O) groups excluding carboxylic acids is 2. The first-order chi connectivity index (χ1) is 11.9. The van der Waals surface area contributed by atoms with Crippen molar-refractivity contribution in [3.63, 3.8) is 0 Å². The van der Waals surface area contributed by atoms with Crippen molar-refractivity contribution in [1.29, 1.82) is 0 Å². The van der Waals surface area contributed by atoms with Crippen molar-refractivity contribution in [3.8, 4) is 0 Å². The maximum Gasteiger partial charge on any atom is 0.229 e. The van der Waals surface area contributed by atoms with Crippen LogP contribution in [0.25, 0.3) is 0 Å². The molecule has 0 bridgehead atoms. The highest BCUT2D eigenvalue weighted by atomic mass is 16.2. The Morgan fingerprint density at radius 1 is 1.16 bits per heavy atom. The molecule has 1 fully saturated rings. The number of amides is 2. The molecule has 0 unspecified atom stereocenters. The van der Waals surface area contributed by atoms with Crippen LogP contribution in [0.2, 0.25) is 0 Å². The largest absolute Gasteiger partial charge is 0.326 e. The van der Waals surface area contributed by atoms with Crippen molar-refractivity contribution in [2.45, 2.75) is 33.1 Å². The summed E-state index contributed by atoms with van der Waals surface area (Å²) < 4.78 is 0. The van der Waals surface area contributed by atoms with Crippen molar-refractivity contribution in [2.75, 3.05) is 16.8 Å². The van der Waals surface area contributed by atoms with Crippen molar-refractivity contribution in [1.82, 2.24) is 0 Å². The average molecular weight is 336 g/mol. The van der Waals surface area contributed by atoms with E-state index in [9.17, 15) is 9.59 Å². The predicted molar refractivity (Wildman–Crippen MR) is 101 cm³/mol. The van der Waals surface area contributed by atoms with Crippen LogP contribution < -0.4 is 10.2 Å². The summed E-state index contributed by atoms with van der Waals surface area (Å²) >= 11 is 0. The second-order valence-corrected chi connectivity index (χ2v) is 7.01. The van der Waals surface area contributed by atoms with E-state index in [-0.39, 0.29) is 24.2 Å². The number of nitrogens with zero attached hydrogens (tertiary/aromatic N) is 1. The fourth-order valence-electron chi connectivity index (χ4n) is 3.12. The molecule has 0 radical (unpaired) electrons. The minimum Gasteiger partial charge on any atom is -0.326 e. The van der Waals surface area contributed by atoms with E-state index < -0.39 is 0 Å². The Hall–Kier alpha value is -2.62. The highest BCUT2D eigenvalue weighted by molar-refractivity contribution is 6.03. The van der Waals surface area contributed by atoms with Gasteiger partial charge in [-0.3, -0.25) is 9.59 Å². The number of benzene rings is 2. The van der Waals surface area contributed by atoms with Gasteiger partial charge < -0.3 is 10.2 Å². The lowest BCUT2D eigenvalue weighted by molar-refractivity contribution is -0.122. The quantitative estimate of drug-likeness (QED) is 0.913. The number of carbonyl (C=O) groups is 2. The lowest BCUT2D eigenvalue weighted by atomic mass is 10.0. The van der Waals surface area contributed by atoms with Gasteiger partial charge >= 0.3 is 0 Å². The molecule has 1 aliphatic rings. The summed E-state index contributed by atoms with van der Waals surface area (Å²) in [6.07, 6.45) is 0.254. The zero-order valence-electron chi connectivity index (χ0n) is 15.0. The van der Waals surface area contributed by atoms with E-state index in [1.807, 2.05) is 55.5 Å². The third kappa shape index (κ3) is 3.90. The van der Waals surface area contributed by atoms with E-state index in [0.717, 1.165) is 16.9 Å². The molecule has 4 heteroatoms. The Balaban J connectivity index is 1.66. The van der Waals surface area contributed by atoms with Crippen molar-refractivity contribution in [3.05, 3.63) is 59.7 Å². The summed E-state index contributed by atoms with van der Waals surface area (Å²) in [6, 6.07) is 15.7. The topological polar surface area (TPSA) is 49.4 Å². The van der Waals surface area contributed by atoms with Crippen molar-refractivity contribution < 1.29 is 9.59 Å². The average Bonchev–Trinajstić information content (AvgIpc) is 2.97. The second kappa shape index (κ2) is 7.09. The Morgan fingerprint density at radius 2 is 1.88 bits per heavy atom. The molecule has 4 nitrogen and oxygen atoms in total. The van der Waals surface area contributed by atoms with Crippen LogP contribution in [-0.2, 0) is 9.59 Å². The Bertz CT molecular complexity index is 781. The minimum atomic E-state index is -0.321. The molecule has 2 aromatic rings. The number of nitrogens with one attached hydrogen (secondary N) is 1. The molecule has 0 aromatic heterocycles. The van der Waals surface area contributed by atoms with Gasteiger partial charge in [0.25, 0.3) is 0 Å². The molecule has 0 saturated carbocycles. The van der Waals surface area contributed by atoms with Crippen LogP contribution in [-0.4, -0.2) is 18.4 Å². The maximum absolute atomic E-state index is 12.5. The summed E-state index contributed by atoms with van der Waals surface area (Å²) in [6.45, 7) is 6.70. The predicted octanol–water partition coefficient (Wildman–Crippen LogP) is 4.11. The van der Waals surface area contributed by atoms with Gasteiger partial charge in [0, 0.05) is 24.3 Å². The first kappa shape index (κ1) is 17.2. The SMILES string of the molecule is Cc1cccc(N2C[C@H](C(=O)Nc3ccc(C(C)C)cc3)CC2=O)c1. The molecule has 130 valence electrons. The van der Waals surface area contributed by atoms with E-state index in [1.54, 1.807) is 4.90 Å². The molecule has 1 atom stereocenters. The maximum atomic E-state index is 12.5. The standard InChI is InChI=1S/C21H24N2O2/c1-14(2)16-7-9-18(10-8-16)22-21(25)17-12-20(24)23(13-17)19-6-4-5-15(3)11-19/h4-11,14,17H,12-13H2,1-3H3,(H,22,25)/t17-/m1/s1. The Kier molecular flexibility index (Phi) is 4.88. The van der Waals surface area contributed by atoms with Crippen LogP contribution in [0.4, 0.5) is 11.4 Å². The van der Waals surface area contributed by atoms with Crippen molar-refractivity contribution in [2.24, 2.45) is 5.92 Å². The Morgan fingerprint density at radius 3 is 2.52 bits per heavy atom. The van der Waals surface area contributed by atoms with Crippen LogP contribution in [0.5, 0.6) is 0 Å². The van der Waals surface area contributed by atoms with Crippen LogP contribution >= 0.6 is 0 Å². The van der Waals surface area contributed by atoms with Gasteiger partial charge in [-0.2, -0.15) is 0 Å².